The van der Waals surface area contributed by atoms with Gasteiger partial charge in [-0.25, -0.2) is 13.8 Å². The minimum atomic E-state index is -3.93. The first-order valence-corrected chi connectivity index (χ1v) is 11.6. The Labute approximate surface area is 180 Å². The van der Waals surface area contributed by atoms with Crippen molar-refractivity contribution >= 4 is 39.2 Å². The molecule has 0 spiro atoms. The maximum atomic E-state index is 13.3. The van der Waals surface area contributed by atoms with Gasteiger partial charge in [0.1, 0.15) is 6.54 Å². The third-order valence-corrected chi connectivity index (χ3v) is 7.13. The molecule has 1 aromatic heterocycles. The number of benzene rings is 2. The number of anilines is 1. The molecule has 30 heavy (non-hydrogen) atoms. The highest BCUT2D eigenvalue weighted by atomic mass is 32.2. The summed E-state index contributed by atoms with van der Waals surface area (Å²) in [6, 6.07) is 15.5. The fourth-order valence-electron chi connectivity index (χ4n) is 2.97. The van der Waals surface area contributed by atoms with E-state index in [-0.39, 0.29) is 11.4 Å². The summed E-state index contributed by atoms with van der Waals surface area (Å²) in [7, 11) is -3.93. The minimum absolute atomic E-state index is 0.120. The number of aryl methyl sites for hydroxylation is 3. The molecule has 156 valence electrons. The van der Waals surface area contributed by atoms with Crippen molar-refractivity contribution in [1.82, 2.24) is 5.43 Å². The first-order valence-electron chi connectivity index (χ1n) is 9.29. The molecule has 0 aliphatic carbocycles. The van der Waals surface area contributed by atoms with Crippen LogP contribution in [-0.2, 0) is 14.8 Å². The minimum Gasteiger partial charge on any atom is -0.271 e. The van der Waals surface area contributed by atoms with Gasteiger partial charge in [0.2, 0.25) is 0 Å². The highest BCUT2D eigenvalue weighted by molar-refractivity contribution is 7.92. The first-order chi connectivity index (χ1) is 14.3. The molecule has 6 nitrogen and oxygen atoms in total. The van der Waals surface area contributed by atoms with E-state index in [4.69, 9.17) is 0 Å². The van der Waals surface area contributed by atoms with Crippen LogP contribution in [0.4, 0.5) is 5.69 Å². The zero-order chi connectivity index (χ0) is 21.7. The van der Waals surface area contributed by atoms with Crippen LogP contribution in [-0.4, -0.2) is 27.1 Å². The van der Waals surface area contributed by atoms with Crippen LogP contribution in [0.25, 0.3) is 0 Å². The summed E-state index contributed by atoms with van der Waals surface area (Å²) in [5, 5.41) is 5.91. The number of hydrogen-bond acceptors (Lipinski definition) is 5. The second-order valence-corrected chi connectivity index (χ2v) is 9.74. The van der Waals surface area contributed by atoms with Crippen molar-refractivity contribution in [1.29, 1.82) is 0 Å². The van der Waals surface area contributed by atoms with Crippen LogP contribution >= 0.6 is 11.3 Å². The lowest BCUT2D eigenvalue weighted by molar-refractivity contribution is -0.119. The van der Waals surface area contributed by atoms with E-state index in [0.29, 0.717) is 5.69 Å². The summed E-state index contributed by atoms with van der Waals surface area (Å²) in [5.74, 6) is -0.529. The van der Waals surface area contributed by atoms with Crippen molar-refractivity contribution in [3.05, 3.63) is 81.5 Å². The van der Waals surface area contributed by atoms with E-state index >= 15 is 0 Å². The average Bonchev–Trinajstić information content (AvgIpc) is 3.10. The highest BCUT2D eigenvalue weighted by Gasteiger charge is 2.27. The van der Waals surface area contributed by atoms with Crippen molar-refractivity contribution in [2.75, 3.05) is 10.8 Å². The fourth-order valence-corrected chi connectivity index (χ4v) is 5.19. The molecule has 0 fully saturated rings. The van der Waals surface area contributed by atoms with Gasteiger partial charge in [-0.2, -0.15) is 5.10 Å². The fraction of sp³-hybridized carbons (Fsp3) is 0.182. The number of rotatable bonds is 7. The van der Waals surface area contributed by atoms with E-state index in [1.807, 2.05) is 38.3 Å². The number of nitrogens with zero attached hydrogens (tertiary/aromatic N) is 2. The molecule has 1 heterocycles. The van der Waals surface area contributed by atoms with Crippen LogP contribution in [0.3, 0.4) is 0 Å². The van der Waals surface area contributed by atoms with E-state index in [0.717, 1.165) is 25.9 Å². The number of sulfonamides is 1. The van der Waals surface area contributed by atoms with Gasteiger partial charge in [-0.15, -0.1) is 11.3 Å². The summed E-state index contributed by atoms with van der Waals surface area (Å²) in [5.41, 5.74) is 5.74. The lowest BCUT2D eigenvalue weighted by Gasteiger charge is -2.24. The van der Waals surface area contributed by atoms with Crippen molar-refractivity contribution in [2.45, 2.75) is 25.7 Å². The van der Waals surface area contributed by atoms with Crippen LogP contribution in [0.1, 0.15) is 21.6 Å². The quantitative estimate of drug-likeness (QED) is 0.444. The standard InChI is InChI=1S/C22H23N3O3S2/c1-16-11-17(2)13-19(12-16)25(30(27,28)20-7-5-4-6-8-20)15-22(26)24-23-14-21-18(3)9-10-29-21/h4-14H,15H2,1-3H3,(H,24,26)/b23-14-. The number of hydrogen-bond donors (Lipinski definition) is 1. The van der Waals surface area contributed by atoms with Crippen molar-refractivity contribution < 1.29 is 13.2 Å². The van der Waals surface area contributed by atoms with Gasteiger partial charge in [0.25, 0.3) is 15.9 Å². The summed E-state index contributed by atoms with van der Waals surface area (Å²) < 4.78 is 27.7. The van der Waals surface area contributed by atoms with Crippen LogP contribution in [0, 0.1) is 20.8 Å². The average molecular weight is 442 g/mol. The lowest BCUT2D eigenvalue weighted by Crippen LogP contribution is -2.39. The van der Waals surface area contributed by atoms with Gasteiger partial charge in [0.15, 0.2) is 0 Å². The third kappa shape index (κ3) is 5.14. The zero-order valence-corrected chi connectivity index (χ0v) is 18.6. The summed E-state index contributed by atoms with van der Waals surface area (Å²) in [6.45, 7) is 5.34. The highest BCUT2D eigenvalue weighted by Crippen LogP contribution is 2.25. The number of hydrazone groups is 1. The van der Waals surface area contributed by atoms with E-state index in [1.54, 1.807) is 36.5 Å². The summed E-state index contributed by atoms with van der Waals surface area (Å²) in [4.78, 5) is 13.6. The Hall–Kier alpha value is -2.97. The Morgan fingerprint density at radius 2 is 1.73 bits per heavy atom. The molecule has 0 radical (unpaired) electrons. The summed E-state index contributed by atoms with van der Waals surface area (Å²) in [6.07, 6.45) is 1.56. The Balaban J connectivity index is 1.89. The number of carbonyl (C=O) groups is 1. The van der Waals surface area contributed by atoms with Gasteiger partial charge < -0.3 is 0 Å². The van der Waals surface area contributed by atoms with E-state index in [1.165, 1.54) is 23.5 Å². The largest absolute Gasteiger partial charge is 0.271 e. The summed E-state index contributed by atoms with van der Waals surface area (Å²) >= 11 is 1.51. The normalized spacial score (nSPS) is 11.6. The molecule has 0 bridgehead atoms. The third-order valence-electron chi connectivity index (χ3n) is 4.39. The SMILES string of the molecule is Cc1cc(C)cc(N(CC(=O)N/N=C\c2sccc2C)S(=O)(=O)c2ccccc2)c1. The van der Waals surface area contributed by atoms with E-state index in [2.05, 4.69) is 10.5 Å². The van der Waals surface area contributed by atoms with Gasteiger partial charge in [0, 0.05) is 4.88 Å². The van der Waals surface area contributed by atoms with Crippen LogP contribution < -0.4 is 9.73 Å². The van der Waals surface area contributed by atoms with Gasteiger partial charge in [-0.3, -0.25) is 9.10 Å². The Morgan fingerprint density at radius 1 is 1.07 bits per heavy atom. The number of nitrogens with one attached hydrogen (secondary N) is 1. The predicted octanol–water partition coefficient (Wildman–Crippen LogP) is 4.02. The molecule has 0 atom stereocenters. The van der Waals surface area contributed by atoms with Crippen molar-refractivity contribution in [3.63, 3.8) is 0 Å². The van der Waals surface area contributed by atoms with Crippen molar-refractivity contribution in [3.8, 4) is 0 Å². The molecule has 2 aromatic carbocycles. The number of carbonyl (C=O) groups excluding carboxylic acids is 1. The molecular formula is C22H23N3O3S2. The van der Waals surface area contributed by atoms with Crippen LogP contribution in [0.2, 0.25) is 0 Å². The molecular weight excluding hydrogens is 418 g/mol. The molecule has 0 aliphatic heterocycles. The molecule has 0 saturated heterocycles. The van der Waals surface area contributed by atoms with Gasteiger partial charge in [-0.05, 0) is 73.2 Å². The molecule has 3 rings (SSSR count). The molecule has 0 unspecified atom stereocenters. The van der Waals surface area contributed by atoms with Gasteiger partial charge in [-0.1, -0.05) is 24.3 Å². The van der Waals surface area contributed by atoms with Gasteiger partial charge >= 0.3 is 0 Å². The molecule has 1 amide bonds. The predicted molar refractivity (Wildman–Crippen MR) is 122 cm³/mol. The lowest BCUT2D eigenvalue weighted by atomic mass is 10.1. The van der Waals surface area contributed by atoms with E-state index < -0.39 is 15.9 Å². The molecule has 0 aliphatic rings. The Kier molecular flexibility index (Phi) is 6.69. The molecule has 3 aromatic rings. The molecule has 8 heteroatoms. The Morgan fingerprint density at radius 3 is 2.33 bits per heavy atom. The topological polar surface area (TPSA) is 78.8 Å². The van der Waals surface area contributed by atoms with Crippen LogP contribution in [0.15, 0.2) is 70.0 Å². The maximum absolute atomic E-state index is 13.3. The zero-order valence-electron chi connectivity index (χ0n) is 17.0. The second kappa shape index (κ2) is 9.23. The smallest absolute Gasteiger partial charge is 0.264 e. The number of amides is 1. The maximum Gasteiger partial charge on any atom is 0.264 e. The Bertz CT molecular complexity index is 1150. The number of thiophene rings is 1. The van der Waals surface area contributed by atoms with Crippen LogP contribution in [0.5, 0.6) is 0 Å². The van der Waals surface area contributed by atoms with Gasteiger partial charge in [0.05, 0.1) is 16.8 Å². The first kappa shape index (κ1) is 21.7. The van der Waals surface area contributed by atoms with Crippen molar-refractivity contribution in [2.24, 2.45) is 5.10 Å². The second-order valence-electron chi connectivity index (χ2n) is 6.93. The molecule has 0 saturated carbocycles. The molecule has 1 N–H and O–H groups in total. The van der Waals surface area contributed by atoms with E-state index in [9.17, 15) is 13.2 Å². The monoisotopic (exact) mass is 441 g/mol.